The Morgan fingerprint density at radius 2 is 1.67 bits per heavy atom. The summed E-state index contributed by atoms with van der Waals surface area (Å²) in [5, 5.41) is 2.85. The normalized spacial score (nSPS) is 14.5. The van der Waals surface area contributed by atoms with Crippen LogP contribution in [-0.2, 0) is 0 Å². The van der Waals surface area contributed by atoms with Crippen molar-refractivity contribution in [2.45, 2.75) is 0 Å². The highest BCUT2D eigenvalue weighted by Gasteiger charge is 2.19. The molecule has 0 spiro atoms. The van der Waals surface area contributed by atoms with E-state index in [2.05, 4.69) is 25.1 Å². The second-order valence-corrected chi connectivity index (χ2v) is 6.78. The van der Waals surface area contributed by atoms with Gasteiger partial charge in [-0.1, -0.05) is 0 Å². The quantitative estimate of drug-likeness (QED) is 0.823. The zero-order chi connectivity index (χ0) is 19.2. The van der Waals surface area contributed by atoms with Crippen LogP contribution in [0.5, 0.6) is 0 Å². The van der Waals surface area contributed by atoms with E-state index in [-0.39, 0.29) is 11.7 Å². The van der Waals surface area contributed by atoms with Crippen molar-refractivity contribution in [3.05, 3.63) is 48.0 Å². The van der Waals surface area contributed by atoms with E-state index in [1.165, 1.54) is 12.1 Å². The smallest absolute Gasteiger partial charge is 0.254 e. The Bertz CT molecular complexity index is 742. The number of nitrogens with zero attached hydrogens (tertiary/aromatic N) is 5. The topological polar surface area (TPSA) is 64.6 Å². The van der Waals surface area contributed by atoms with E-state index >= 15 is 0 Å². The van der Waals surface area contributed by atoms with Crippen LogP contribution < -0.4 is 15.1 Å². The first-order chi connectivity index (χ1) is 13.0. The van der Waals surface area contributed by atoms with Crippen LogP contribution in [0.2, 0.25) is 0 Å². The lowest BCUT2D eigenvalue weighted by molar-refractivity contribution is 0.0950. The highest BCUT2D eigenvalue weighted by atomic mass is 19.1. The Balaban J connectivity index is 1.52. The van der Waals surface area contributed by atoms with Crippen molar-refractivity contribution >= 4 is 17.5 Å². The molecule has 3 rings (SSSR count). The van der Waals surface area contributed by atoms with E-state index in [1.807, 2.05) is 19.0 Å². The monoisotopic (exact) mass is 372 g/mol. The summed E-state index contributed by atoms with van der Waals surface area (Å²) >= 11 is 0. The van der Waals surface area contributed by atoms with Crippen LogP contribution in [-0.4, -0.2) is 74.1 Å². The summed E-state index contributed by atoms with van der Waals surface area (Å²) in [4.78, 5) is 27.1. The fourth-order valence-electron chi connectivity index (χ4n) is 2.91. The van der Waals surface area contributed by atoms with Gasteiger partial charge in [-0.05, 0) is 38.4 Å². The molecule has 0 aliphatic carbocycles. The van der Waals surface area contributed by atoms with Gasteiger partial charge in [-0.2, -0.15) is 0 Å². The Labute approximate surface area is 158 Å². The highest BCUT2D eigenvalue weighted by Crippen LogP contribution is 2.18. The van der Waals surface area contributed by atoms with Crippen molar-refractivity contribution < 1.29 is 9.18 Å². The SMILES string of the molecule is CN(C)CCNC(=O)c1cnc(N2CCN(c3ccc(F)cc3)CC2)nc1. The lowest BCUT2D eigenvalue weighted by Gasteiger charge is -2.36. The number of carbonyl (C=O) groups excluding carboxylic acids is 1. The number of anilines is 2. The van der Waals surface area contributed by atoms with Crippen LogP contribution in [0.25, 0.3) is 0 Å². The molecule has 1 aliphatic rings. The number of rotatable bonds is 6. The minimum Gasteiger partial charge on any atom is -0.368 e. The molecule has 1 fully saturated rings. The predicted molar refractivity (Wildman–Crippen MR) is 104 cm³/mol. The number of carbonyl (C=O) groups is 1. The van der Waals surface area contributed by atoms with Crippen LogP contribution >= 0.6 is 0 Å². The van der Waals surface area contributed by atoms with Crippen molar-refractivity contribution in [2.24, 2.45) is 0 Å². The highest BCUT2D eigenvalue weighted by molar-refractivity contribution is 5.93. The molecule has 1 aromatic heterocycles. The van der Waals surface area contributed by atoms with Gasteiger partial charge < -0.3 is 20.0 Å². The number of nitrogens with one attached hydrogen (secondary N) is 1. The Kier molecular flexibility index (Phi) is 6.18. The fourth-order valence-corrected chi connectivity index (χ4v) is 2.91. The van der Waals surface area contributed by atoms with E-state index < -0.39 is 0 Å². The van der Waals surface area contributed by atoms with Crippen molar-refractivity contribution in [3.63, 3.8) is 0 Å². The van der Waals surface area contributed by atoms with Crippen LogP contribution in [0.4, 0.5) is 16.0 Å². The molecule has 1 aliphatic heterocycles. The average molecular weight is 372 g/mol. The molecule has 1 amide bonds. The molecule has 1 N–H and O–H groups in total. The summed E-state index contributed by atoms with van der Waals surface area (Å²) < 4.78 is 13.1. The largest absolute Gasteiger partial charge is 0.368 e. The first-order valence-electron chi connectivity index (χ1n) is 9.03. The molecule has 7 nitrogen and oxygen atoms in total. The number of likely N-dealkylation sites (N-methyl/N-ethyl adjacent to an activating group) is 1. The lowest BCUT2D eigenvalue weighted by atomic mass is 10.2. The number of halogens is 1. The molecule has 0 unspecified atom stereocenters. The van der Waals surface area contributed by atoms with Gasteiger partial charge in [0.25, 0.3) is 5.91 Å². The van der Waals surface area contributed by atoms with Crippen LogP contribution in [0.15, 0.2) is 36.7 Å². The van der Waals surface area contributed by atoms with Gasteiger partial charge in [0.15, 0.2) is 0 Å². The first-order valence-corrected chi connectivity index (χ1v) is 9.03. The van der Waals surface area contributed by atoms with Gasteiger partial charge in [0.1, 0.15) is 5.82 Å². The first kappa shape index (κ1) is 19.0. The van der Waals surface area contributed by atoms with Crippen LogP contribution in [0.1, 0.15) is 10.4 Å². The van der Waals surface area contributed by atoms with Crippen molar-refractivity contribution in [2.75, 3.05) is 63.2 Å². The van der Waals surface area contributed by atoms with E-state index in [0.29, 0.717) is 18.1 Å². The second-order valence-electron chi connectivity index (χ2n) is 6.78. The van der Waals surface area contributed by atoms with E-state index in [9.17, 15) is 9.18 Å². The molecule has 1 saturated heterocycles. The van der Waals surface area contributed by atoms with Gasteiger partial charge in [0.05, 0.1) is 5.56 Å². The van der Waals surface area contributed by atoms with Gasteiger partial charge in [-0.25, -0.2) is 14.4 Å². The fraction of sp³-hybridized carbons (Fsp3) is 0.421. The number of amides is 1. The van der Waals surface area contributed by atoms with E-state index in [0.717, 1.165) is 38.4 Å². The molecule has 8 heteroatoms. The number of hydrogen-bond acceptors (Lipinski definition) is 6. The molecule has 0 atom stereocenters. The summed E-state index contributed by atoms with van der Waals surface area (Å²) in [6.07, 6.45) is 3.14. The van der Waals surface area contributed by atoms with Crippen LogP contribution in [0.3, 0.4) is 0 Å². The van der Waals surface area contributed by atoms with Gasteiger partial charge in [-0.15, -0.1) is 0 Å². The Morgan fingerprint density at radius 3 is 2.26 bits per heavy atom. The number of aromatic nitrogens is 2. The standard InChI is InChI=1S/C19H25FN6O/c1-24(2)8-7-21-18(27)15-13-22-19(23-14-15)26-11-9-25(10-12-26)17-5-3-16(20)4-6-17/h3-6,13-14H,7-12H2,1-2H3,(H,21,27). The van der Waals surface area contributed by atoms with Gasteiger partial charge in [0, 0.05) is 57.3 Å². The third-order valence-electron chi connectivity index (χ3n) is 4.50. The van der Waals surface area contributed by atoms with E-state index in [4.69, 9.17) is 0 Å². The summed E-state index contributed by atoms with van der Waals surface area (Å²) in [5.74, 6) is 0.236. The molecule has 2 aromatic rings. The Hall–Kier alpha value is -2.74. The number of hydrogen-bond donors (Lipinski definition) is 1. The molecule has 1 aromatic carbocycles. The maximum atomic E-state index is 13.1. The van der Waals surface area contributed by atoms with Gasteiger partial charge in [-0.3, -0.25) is 4.79 Å². The summed E-state index contributed by atoms with van der Waals surface area (Å²) in [7, 11) is 3.92. The minimum absolute atomic E-state index is 0.162. The zero-order valence-electron chi connectivity index (χ0n) is 15.7. The van der Waals surface area contributed by atoms with Crippen molar-refractivity contribution in [1.29, 1.82) is 0 Å². The van der Waals surface area contributed by atoms with Crippen molar-refractivity contribution in [3.8, 4) is 0 Å². The Morgan fingerprint density at radius 1 is 1.07 bits per heavy atom. The average Bonchev–Trinajstić information content (AvgIpc) is 2.68. The summed E-state index contributed by atoms with van der Waals surface area (Å²) in [6, 6.07) is 6.55. The zero-order valence-corrected chi connectivity index (χ0v) is 15.7. The molecule has 0 radical (unpaired) electrons. The number of piperazine rings is 1. The molecule has 0 saturated carbocycles. The molecular formula is C19H25FN6O. The third kappa shape index (κ3) is 5.13. The summed E-state index contributed by atoms with van der Waals surface area (Å²) in [6.45, 7) is 4.52. The van der Waals surface area contributed by atoms with Gasteiger partial charge >= 0.3 is 0 Å². The molecule has 0 bridgehead atoms. The predicted octanol–water partition coefficient (Wildman–Crippen LogP) is 1.23. The maximum absolute atomic E-state index is 13.1. The molecule has 27 heavy (non-hydrogen) atoms. The van der Waals surface area contributed by atoms with Crippen molar-refractivity contribution in [1.82, 2.24) is 20.2 Å². The number of benzene rings is 1. The van der Waals surface area contributed by atoms with Crippen LogP contribution in [0, 0.1) is 5.82 Å². The maximum Gasteiger partial charge on any atom is 0.254 e. The second kappa shape index (κ2) is 8.77. The summed E-state index contributed by atoms with van der Waals surface area (Å²) in [5.41, 5.74) is 1.48. The molecular weight excluding hydrogens is 347 g/mol. The third-order valence-corrected chi connectivity index (χ3v) is 4.50. The molecule has 2 heterocycles. The minimum atomic E-state index is -0.225. The molecule has 144 valence electrons. The van der Waals surface area contributed by atoms with E-state index in [1.54, 1.807) is 24.5 Å². The van der Waals surface area contributed by atoms with Gasteiger partial charge in [0.2, 0.25) is 5.95 Å². The lowest BCUT2D eigenvalue weighted by Crippen LogP contribution is -2.47.